The highest BCUT2D eigenvalue weighted by atomic mass is 16.3. The molecule has 0 amide bonds. The lowest BCUT2D eigenvalue weighted by Crippen LogP contribution is -2.10. The molecule has 0 unspecified atom stereocenters. The number of nitrogens with zero attached hydrogens (tertiary/aromatic N) is 1. The standard InChI is InChI=1S/C52H33NO2/c1-2-13-34(14-3-1)35-27-29-37(30-28-35)53(48-24-12-23-45-43-19-7-9-26-50(43)55-52(45)48)38-31-32-41(40-20-10-16-36-15-4-5-17-39(36)40)47(33-38)46-22-11-21-44-42-18-6-8-25-49(42)54-51(44)46/h1-33H. The van der Waals surface area contributed by atoms with E-state index in [0.717, 1.165) is 83.2 Å². The molecule has 0 saturated heterocycles. The zero-order valence-electron chi connectivity index (χ0n) is 29.8. The van der Waals surface area contributed by atoms with Crippen molar-refractivity contribution in [2.24, 2.45) is 0 Å². The second kappa shape index (κ2) is 12.6. The predicted octanol–water partition coefficient (Wildman–Crippen LogP) is 15.1. The second-order valence-electron chi connectivity index (χ2n) is 14.0. The summed E-state index contributed by atoms with van der Waals surface area (Å²) in [6.45, 7) is 0. The molecule has 0 N–H and O–H groups in total. The lowest BCUT2D eigenvalue weighted by Gasteiger charge is -2.27. The minimum atomic E-state index is 0.843. The maximum atomic E-state index is 6.70. The summed E-state index contributed by atoms with van der Waals surface area (Å²) in [4.78, 5) is 2.33. The zero-order valence-corrected chi connectivity index (χ0v) is 29.8. The van der Waals surface area contributed by atoms with E-state index in [1.54, 1.807) is 0 Å². The summed E-state index contributed by atoms with van der Waals surface area (Å²) in [6, 6.07) is 70.9. The van der Waals surface area contributed by atoms with Gasteiger partial charge in [0.25, 0.3) is 0 Å². The first-order valence-corrected chi connectivity index (χ1v) is 18.7. The van der Waals surface area contributed by atoms with Crippen molar-refractivity contribution in [1.29, 1.82) is 0 Å². The largest absolute Gasteiger partial charge is 0.455 e. The molecular formula is C52H33NO2. The third-order valence-electron chi connectivity index (χ3n) is 10.9. The Bertz CT molecular complexity index is 3200. The Morgan fingerprint density at radius 2 is 0.855 bits per heavy atom. The fraction of sp³-hybridized carbons (Fsp3) is 0. The van der Waals surface area contributed by atoms with Crippen molar-refractivity contribution in [2.45, 2.75) is 0 Å². The Morgan fingerprint density at radius 3 is 1.64 bits per heavy atom. The van der Waals surface area contributed by atoms with Gasteiger partial charge in [-0.2, -0.15) is 0 Å². The van der Waals surface area contributed by atoms with Crippen molar-refractivity contribution in [2.75, 3.05) is 4.90 Å². The van der Waals surface area contributed by atoms with Gasteiger partial charge in [-0.25, -0.2) is 0 Å². The van der Waals surface area contributed by atoms with Crippen molar-refractivity contribution in [3.05, 3.63) is 200 Å². The molecule has 0 atom stereocenters. The number of anilines is 3. The highest BCUT2D eigenvalue weighted by Crippen LogP contribution is 2.47. The zero-order chi connectivity index (χ0) is 36.3. The number of para-hydroxylation sites is 4. The minimum Gasteiger partial charge on any atom is -0.455 e. The summed E-state index contributed by atoms with van der Waals surface area (Å²) in [6.07, 6.45) is 0. The molecule has 0 saturated carbocycles. The second-order valence-corrected chi connectivity index (χ2v) is 14.0. The van der Waals surface area contributed by atoms with Crippen LogP contribution < -0.4 is 4.90 Å². The molecule has 0 aliphatic rings. The number of hydrogen-bond donors (Lipinski definition) is 0. The van der Waals surface area contributed by atoms with Crippen LogP contribution in [0.4, 0.5) is 17.1 Å². The molecule has 0 radical (unpaired) electrons. The smallest absolute Gasteiger partial charge is 0.159 e. The summed E-state index contributed by atoms with van der Waals surface area (Å²) in [5.74, 6) is 0. The molecule has 0 spiro atoms. The molecule has 0 fully saturated rings. The molecule has 2 heterocycles. The molecule has 11 aromatic rings. The molecule has 9 aromatic carbocycles. The Morgan fingerprint density at radius 1 is 0.309 bits per heavy atom. The van der Waals surface area contributed by atoms with E-state index >= 15 is 0 Å². The van der Waals surface area contributed by atoms with Gasteiger partial charge in [-0.3, -0.25) is 0 Å². The highest BCUT2D eigenvalue weighted by Gasteiger charge is 2.23. The molecule has 2 aromatic heterocycles. The van der Waals surface area contributed by atoms with Crippen LogP contribution in [0.15, 0.2) is 209 Å². The molecule has 0 bridgehead atoms. The Hall–Kier alpha value is -7.36. The van der Waals surface area contributed by atoms with Crippen LogP contribution in [0.2, 0.25) is 0 Å². The Labute approximate surface area is 317 Å². The molecule has 0 aliphatic heterocycles. The maximum absolute atomic E-state index is 6.70. The van der Waals surface area contributed by atoms with E-state index in [1.165, 1.54) is 21.9 Å². The van der Waals surface area contributed by atoms with Crippen LogP contribution in [0, 0.1) is 0 Å². The van der Waals surface area contributed by atoms with Gasteiger partial charge in [0.2, 0.25) is 0 Å². The van der Waals surface area contributed by atoms with Gasteiger partial charge in [0.05, 0.1) is 5.69 Å². The molecule has 3 nitrogen and oxygen atoms in total. The molecule has 3 heteroatoms. The van der Waals surface area contributed by atoms with Crippen molar-refractivity contribution >= 4 is 71.7 Å². The molecule has 0 aliphatic carbocycles. The fourth-order valence-corrected chi connectivity index (χ4v) is 8.32. The van der Waals surface area contributed by atoms with Crippen LogP contribution in [0.1, 0.15) is 0 Å². The first-order valence-electron chi connectivity index (χ1n) is 18.7. The molecular weight excluding hydrogens is 671 g/mol. The number of benzene rings is 9. The summed E-state index contributed by atoms with van der Waals surface area (Å²) in [5, 5.41) is 6.80. The maximum Gasteiger partial charge on any atom is 0.159 e. The number of fused-ring (bicyclic) bond motifs is 7. The summed E-state index contributed by atoms with van der Waals surface area (Å²) in [7, 11) is 0. The monoisotopic (exact) mass is 703 g/mol. The van der Waals surface area contributed by atoms with Crippen LogP contribution in [0.3, 0.4) is 0 Å². The molecule has 55 heavy (non-hydrogen) atoms. The van der Waals surface area contributed by atoms with E-state index in [2.05, 4.69) is 187 Å². The average Bonchev–Trinajstić information content (AvgIpc) is 3.83. The van der Waals surface area contributed by atoms with Crippen LogP contribution >= 0.6 is 0 Å². The third-order valence-corrected chi connectivity index (χ3v) is 10.9. The van der Waals surface area contributed by atoms with E-state index in [4.69, 9.17) is 8.83 Å². The average molecular weight is 704 g/mol. The summed E-state index contributed by atoms with van der Waals surface area (Å²) in [5.41, 5.74) is 13.2. The normalized spacial score (nSPS) is 11.6. The topological polar surface area (TPSA) is 29.5 Å². The van der Waals surface area contributed by atoms with Gasteiger partial charge in [-0.05, 0) is 81.1 Å². The predicted molar refractivity (Wildman–Crippen MR) is 229 cm³/mol. The van der Waals surface area contributed by atoms with Gasteiger partial charge in [-0.15, -0.1) is 0 Å². The van der Waals surface area contributed by atoms with Gasteiger partial charge in [0, 0.05) is 38.5 Å². The quantitative estimate of drug-likeness (QED) is 0.173. The SMILES string of the molecule is c1ccc(-c2ccc(N(c3ccc(-c4cccc5ccccc45)c(-c4cccc5c4oc4ccccc45)c3)c3cccc4c3oc3ccccc34)cc2)cc1. The lowest BCUT2D eigenvalue weighted by molar-refractivity contribution is 0.669. The van der Waals surface area contributed by atoms with Crippen molar-refractivity contribution in [3.63, 3.8) is 0 Å². The van der Waals surface area contributed by atoms with Crippen molar-refractivity contribution in [3.8, 4) is 33.4 Å². The minimum absolute atomic E-state index is 0.843. The van der Waals surface area contributed by atoms with Gasteiger partial charge < -0.3 is 13.7 Å². The third kappa shape index (κ3) is 5.13. The lowest BCUT2D eigenvalue weighted by atomic mass is 9.90. The van der Waals surface area contributed by atoms with Crippen LogP contribution in [-0.4, -0.2) is 0 Å². The van der Waals surface area contributed by atoms with E-state index < -0.39 is 0 Å². The van der Waals surface area contributed by atoms with E-state index in [9.17, 15) is 0 Å². The molecule has 258 valence electrons. The van der Waals surface area contributed by atoms with Crippen LogP contribution in [0.5, 0.6) is 0 Å². The van der Waals surface area contributed by atoms with Crippen LogP contribution in [0.25, 0.3) is 88.0 Å². The Kier molecular flexibility index (Phi) is 7.17. The van der Waals surface area contributed by atoms with E-state index in [0.29, 0.717) is 0 Å². The van der Waals surface area contributed by atoms with Gasteiger partial charge in [0.15, 0.2) is 5.58 Å². The van der Waals surface area contributed by atoms with Crippen molar-refractivity contribution < 1.29 is 8.83 Å². The van der Waals surface area contributed by atoms with E-state index in [-0.39, 0.29) is 0 Å². The fourth-order valence-electron chi connectivity index (χ4n) is 8.32. The van der Waals surface area contributed by atoms with Gasteiger partial charge in [0.1, 0.15) is 16.7 Å². The number of furan rings is 2. The Balaban J connectivity index is 1.19. The van der Waals surface area contributed by atoms with E-state index in [1.807, 2.05) is 18.2 Å². The summed E-state index contributed by atoms with van der Waals surface area (Å²) >= 11 is 0. The number of rotatable bonds is 6. The molecule has 11 rings (SSSR count). The first kappa shape index (κ1) is 31.2. The van der Waals surface area contributed by atoms with Gasteiger partial charge >= 0.3 is 0 Å². The first-order chi connectivity index (χ1) is 27.3. The van der Waals surface area contributed by atoms with Crippen molar-refractivity contribution in [1.82, 2.24) is 0 Å². The van der Waals surface area contributed by atoms with Crippen LogP contribution in [-0.2, 0) is 0 Å². The summed E-state index contributed by atoms with van der Waals surface area (Å²) < 4.78 is 13.4. The highest BCUT2D eigenvalue weighted by molar-refractivity contribution is 6.13. The van der Waals surface area contributed by atoms with Gasteiger partial charge in [-0.1, -0.05) is 158 Å². The number of hydrogen-bond acceptors (Lipinski definition) is 3.